The maximum atomic E-state index is 13.0. The first-order valence-corrected chi connectivity index (χ1v) is 11.2. The molecule has 0 aliphatic heterocycles. The average molecular weight is 446 g/mol. The first-order chi connectivity index (χ1) is 14.3. The summed E-state index contributed by atoms with van der Waals surface area (Å²) in [6.07, 6.45) is 0. The van der Waals surface area contributed by atoms with Crippen LogP contribution in [0, 0.1) is 13.8 Å². The number of para-hydroxylation sites is 1. The lowest BCUT2D eigenvalue weighted by molar-refractivity contribution is -0.142. The van der Waals surface area contributed by atoms with Gasteiger partial charge in [-0.05, 0) is 38.5 Å². The highest BCUT2D eigenvalue weighted by atomic mass is 32.2. The molecule has 0 saturated carbocycles. The molecule has 0 spiro atoms. The van der Waals surface area contributed by atoms with Gasteiger partial charge in [-0.15, -0.1) is 11.3 Å². The van der Waals surface area contributed by atoms with Gasteiger partial charge in [-0.25, -0.2) is 4.98 Å². The summed E-state index contributed by atoms with van der Waals surface area (Å²) in [7, 11) is 1.65. The SMILES string of the molecule is CCOC(=O)CN(C(=O)CSc1nc2sc(C)c(C)c2c(=O)n1C)c1ccccc1. The van der Waals surface area contributed by atoms with E-state index in [-0.39, 0.29) is 30.4 Å². The molecule has 2 aromatic heterocycles. The fourth-order valence-electron chi connectivity index (χ4n) is 2.96. The van der Waals surface area contributed by atoms with Gasteiger partial charge in [0, 0.05) is 17.6 Å². The molecule has 1 amide bonds. The lowest BCUT2D eigenvalue weighted by atomic mass is 10.2. The van der Waals surface area contributed by atoms with E-state index < -0.39 is 5.97 Å². The lowest BCUT2D eigenvalue weighted by Crippen LogP contribution is -2.37. The van der Waals surface area contributed by atoms with E-state index in [9.17, 15) is 14.4 Å². The number of amides is 1. The molecule has 0 aliphatic rings. The molecule has 0 fully saturated rings. The number of carbonyl (C=O) groups excluding carboxylic acids is 2. The Labute approximate surface area is 182 Å². The standard InChI is InChI=1S/C21H23N3O4S2/c1-5-28-17(26)11-24(15-9-7-6-8-10-15)16(25)12-29-21-22-19-18(20(27)23(21)4)13(2)14(3)30-19/h6-10H,5,11-12H2,1-4H3. The van der Waals surface area contributed by atoms with Crippen LogP contribution in [-0.4, -0.2) is 40.3 Å². The maximum absolute atomic E-state index is 13.0. The Hall–Kier alpha value is -2.65. The third-order valence-corrected chi connectivity index (χ3v) is 6.77. The molecule has 2 heterocycles. The number of anilines is 1. The molecule has 0 bridgehead atoms. The van der Waals surface area contributed by atoms with E-state index in [0.717, 1.165) is 10.4 Å². The van der Waals surface area contributed by atoms with E-state index >= 15 is 0 Å². The Kier molecular flexibility index (Phi) is 6.94. The molecule has 30 heavy (non-hydrogen) atoms. The highest BCUT2D eigenvalue weighted by molar-refractivity contribution is 7.99. The second kappa shape index (κ2) is 9.44. The van der Waals surface area contributed by atoms with Crippen LogP contribution in [0.3, 0.4) is 0 Å². The molecule has 158 valence electrons. The van der Waals surface area contributed by atoms with Crippen LogP contribution in [0.1, 0.15) is 17.4 Å². The minimum absolute atomic E-state index is 0.0312. The van der Waals surface area contributed by atoms with Crippen LogP contribution in [-0.2, 0) is 21.4 Å². The number of nitrogens with zero attached hydrogens (tertiary/aromatic N) is 3. The quantitative estimate of drug-likeness (QED) is 0.315. The van der Waals surface area contributed by atoms with Crippen molar-refractivity contribution >= 4 is 50.9 Å². The van der Waals surface area contributed by atoms with E-state index in [0.29, 0.717) is 21.1 Å². The number of hydrogen-bond donors (Lipinski definition) is 0. The van der Waals surface area contributed by atoms with Crippen LogP contribution in [0.25, 0.3) is 10.2 Å². The minimum atomic E-state index is -0.476. The van der Waals surface area contributed by atoms with Crippen LogP contribution in [0.5, 0.6) is 0 Å². The molecular weight excluding hydrogens is 422 g/mol. The smallest absolute Gasteiger partial charge is 0.326 e. The van der Waals surface area contributed by atoms with Crippen LogP contribution >= 0.6 is 23.1 Å². The van der Waals surface area contributed by atoms with E-state index in [1.807, 2.05) is 19.9 Å². The average Bonchev–Trinajstić information content (AvgIpc) is 3.02. The molecular formula is C21H23N3O4S2. The maximum Gasteiger partial charge on any atom is 0.326 e. The Morgan fingerprint density at radius 3 is 2.60 bits per heavy atom. The number of ether oxygens (including phenoxy) is 1. The summed E-state index contributed by atoms with van der Waals surface area (Å²) in [5.41, 5.74) is 1.43. The molecule has 3 rings (SSSR count). The van der Waals surface area contributed by atoms with Crippen molar-refractivity contribution in [1.29, 1.82) is 0 Å². The number of thioether (sulfide) groups is 1. The summed E-state index contributed by atoms with van der Waals surface area (Å²) < 4.78 is 6.48. The van der Waals surface area contributed by atoms with Crippen molar-refractivity contribution in [3.63, 3.8) is 0 Å². The zero-order valence-corrected chi connectivity index (χ0v) is 18.9. The Bertz CT molecular complexity index is 1140. The number of aromatic nitrogens is 2. The lowest BCUT2D eigenvalue weighted by Gasteiger charge is -2.21. The van der Waals surface area contributed by atoms with Crippen LogP contribution in [0.15, 0.2) is 40.3 Å². The molecule has 0 unspecified atom stereocenters. The molecule has 7 nitrogen and oxygen atoms in total. The number of fused-ring (bicyclic) bond motifs is 1. The third-order valence-electron chi connectivity index (χ3n) is 4.66. The second-order valence-electron chi connectivity index (χ2n) is 6.63. The van der Waals surface area contributed by atoms with Gasteiger partial charge in [0.25, 0.3) is 5.56 Å². The van der Waals surface area contributed by atoms with Crippen molar-refractivity contribution in [1.82, 2.24) is 9.55 Å². The zero-order chi connectivity index (χ0) is 21.8. The Morgan fingerprint density at radius 2 is 1.93 bits per heavy atom. The van der Waals surface area contributed by atoms with Crippen LogP contribution in [0.2, 0.25) is 0 Å². The number of rotatable bonds is 7. The number of esters is 1. The van der Waals surface area contributed by atoms with Crippen LogP contribution < -0.4 is 10.5 Å². The van der Waals surface area contributed by atoms with Crippen molar-refractivity contribution in [3.8, 4) is 0 Å². The normalized spacial score (nSPS) is 10.9. The third kappa shape index (κ3) is 4.57. The van der Waals surface area contributed by atoms with Gasteiger partial charge >= 0.3 is 5.97 Å². The first kappa shape index (κ1) is 22.0. The molecule has 0 saturated heterocycles. The monoisotopic (exact) mass is 445 g/mol. The highest BCUT2D eigenvalue weighted by Gasteiger charge is 2.21. The Morgan fingerprint density at radius 1 is 1.23 bits per heavy atom. The molecule has 0 aliphatic carbocycles. The van der Waals surface area contributed by atoms with Gasteiger partial charge < -0.3 is 9.64 Å². The largest absolute Gasteiger partial charge is 0.465 e. The van der Waals surface area contributed by atoms with Gasteiger partial charge in [0.05, 0.1) is 17.7 Å². The summed E-state index contributed by atoms with van der Waals surface area (Å²) >= 11 is 2.65. The van der Waals surface area contributed by atoms with Crippen molar-refractivity contribution in [3.05, 3.63) is 51.1 Å². The zero-order valence-electron chi connectivity index (χ0n) is 17.3. The molecule has 3 aromatic rings. The summed E-state index contributed by atoms with van der Waals surface area (Å²) in [6, 6.07) is 8.96. The summed E-state index contributed by atoms with van der Waals surface area (Å²) in [4.78, 5) is 45.4. The van der Waals surface area contributed by atoms with Gasteiger partial charge in [0.1, 0.15) is 11.4 Å². The predicted molar refractivity (Wildman–Crippen MR) is 120 cm³/mol. The molecule has 1 aromatic carbocycles. The van der Waals surface area contributed by atoms with E-state index in [4.69, 9.17) is 4.74 Å². The fraction of sp³-hybridized carbons (Fsp3) is 0.333. The molecule has 0 N–H and O–H groups in total. The fourth-order valence-corrected chi connectivity index (χ4v) is 4.87. The van der Waals surface area contributed by atoms with Crippen LogP contribution in [0.4, 0.5) is 5.69 Å². The first-order valence-electron chi connectivity index (χ1n) is 9.44. The number of carbonyl (C=O) groups is 2. The minimum Gasteiger partial charge on any atom is -0.465 e. The van der Waals surface area contributed by atoms with Gasteiger partial charge in [-0.3, -0.25) is 19.0 Å². The molecule has 9 heteroatoms. The summed E-state index contributed by atoms with van der Waals surface area (Å²) in [5, 5.41) is 1.09. The van der Waals surface area contributed by atoms with Crippen molar-refractivity contribution < 1.29 is 14.3 Å². The van der Waals surface area contributed by atoms with Gasteiger partial charge in [0.15, 0.2) is 5.16 Å². The van der Waals surface area contributed by atoms with Crippen molar-refractivity contribution in [2.75, 3.05) is 23.8 Å². The van der Waals surface area contributed by atoms with E-state index in [2.05, 4.69) is 4.98 Å². The number of benzene rings is 1. The number of hydrogen-bond acceptors (Lipinski definition) is 7. The van der Waals surface area contributed by atoms with Gasteiger partial charge in [-0.1, -0.05) is 30.0 Å². The summed E-state index contributed by atoms with van der Waals surface area (Å²) in [5.74, 6) is -0.716. The molecule has 0 atom stereocenters. The van der Waals surface area contributed by atoms with Crippen molar-refractivity contribution in [2.45, 2.75) is 25.9 Å². The van der Waals surface area contributed by atoms with Crippen molar-refractivity contribution in [2.24, 2.45) is 7.05 Å². The number of thiophene rings is 1. The van der Waals surface area contributed by atoms with E-state index in [1.165, 1.54) is 32.6 Å². The van der Waals surface area contributed by atoms with Gasteiger partial charge in [-0.2, -0.15) is 0 Å². The topological polar surface area (TPSA) is 81.5 Å². The predicted octanol–water partition coefficient (Wildman–Crippen LogP) is 3.30. The number of aryl methyl sites for hydroxylation is 2. The van der Waals surface area contributed by atoms with Gasteiger partial charge in [0.2, 0.25) is 5.91 Å². The highest BCUT2D eigenvalue weighted by Crippen LogP contribution is 2.28. The summed E-state index contributed by atoms with van der Waals surface area (Å²) in [6.45, 7) is 5.67. The Balaban J connectivity index is 1.84. The molecule has 0 radical (unpaired) electrons. The van der Waals surface area contributed by atoms with E-state index in [1.54, 1.807) is 38.2 Å². The second-order valence-corrected chi connectivity index (χ2v) is 8.78.